The molecule has 0 spiro atoms. The first-order chi connectivity index (χ1) is 11.7. The van der Waals surface area contributed by atoms with Gasteiger partial charge in [-0.3, -0.25) is 0 Å². The summed E-state index contributed by atoms with van der Waals surface area (Å²) in [4.78, 5) is 0. The van der Waals surface area contributed by atoms with Gasteiger partial charge in [-0.15, -0.1) is 0 Å². The number of halogens is 1. The molecule has 0 aliphatic heterocycles. The van der Waals surface area contributed by atoms with Crippen LogP contribution in [0.1, 0.15) is 23.6 Å². The van der Waals surface area contributed by atoms with E-state index in [1.165, 1.54) is 6.08 Å². The largest absolute Gasteiger partial charge is 0.490 e. The number of benzene rings is 2. The summed E-state index contributed by atoms with van der Waals surface area (Å²) in [5.74, 6) is 0.914. The standard InChI is InChI=1S/C19H15ClN2O2/c1-2-23-18-11-14(6-5-9-21)10-17(20)19(18)24-13-16-8-4-3-7-15(16)12-22/h3-8,10-11H,2,13H2,1H3/b6-5+. The molecule has 24 heavy (non-hydrogen) atoms. The van der Waals surface area contributed by atoms with E-state index in [9.17, 15) is 0 Å². The molecule has 0 fully saturated rings. The number of nitrogens with zero attached hydrogens (tertiary/aromatic N) is 2. The highest BCUT2D eigenvalue weighted by Gasteiger charge is 2.13. The average molecular weight is 339 g/mol. The second-order valence-corrected chi connectivity index (χ2v) is 5.19. The first-order valence-electron chi connectivity index (χ1n) is 7.33. The Morgan fingerprint density at radius 1 is 1.17 bits per heavy atom. The van der Waals surface area contributed by atoms with Crippen LogP contribution in [0.4, 0.5) is 0 Å². The lowest BCUT2D eigenvalue weighted by Gasteiger charge is -2.15. The van der Waals surface area contributed by atoms with Crippen molar-refractivity contribution < 1.29 is 9.47 Å². The van der Waals surface area contributed by atoms with Gasteiger partial charge >= 0.3 is 0 Å². The van der Waals surface area contributed by atoms with Crippen LogP contribution >= 0.6 is 11.6 Å². The van der Waals surface area contributed by atoms with Gasteiger partial charge in [-0.25, -0.2) is 0 Å². The van der Waals surface area contributed by atoms with E-state index in [0.717, 1.165) is 11.1 Å². The molecule has 2 rings (SSSR count). The lowest BCUT2D eigenvalue weighted by molar-refractivity contribution is 0.269. The highest BCUT2D eigenvalue weighted by atomic mass is 35.5. The summed E-state index contributed by atoms with van der Waals surface area (Å²) in [7, 11) is 0. The molecule has 0 N–H and O–H groups in total. The van der Waals surface area contributed by atoms with Crippen LogP contribution in [-0.2, 0) is 6.61 Å². The van der Waals surface area contributed by atoms with Gasteiger partial charge in [0.2, 0.25) is 0 Å². The van der Waals surface area contributed by atoms with E-state index >= 15 is 0 Å². The average Bonchev–Trinajstić information content (AvgIpc) is 2.59. The maximum absolute atomic E-state index is 9.14. The van der Waals surface area contributed by atoms with E-state index < -0.39 is 0 Å². The van der Waals surface area contributed by atoms with Crippen LogP contribution in [0.3, 0.4) is 0 Å². The van der Waals surface area contributed by atoms with Gasteiger partial charge in [0.15, 0.2) is 11.5 Å². The quantitative estimate of drug-likeness (QED) is 0.714. The highest BCUT2D eigenvalue weighted by molar-refractivity contribution is 6.32. The molecule has 0 saturated carbocycles. The second kappa shape index (κ2) is 8.62. The zero-order valence-electron chi connectivity index (χ0n) is 13.1. The number of hydrogen-bond donors (Lipinski definition) is 0. The molecule has 0 atom stereocenters. The maximum atomic E-state index is 9.14. The topological polar surface area (TPSA) is 66.0 Å². The van der Waals surface area contributed by atoms with Gasteiger partial charge in [0, 0.05) is 11.6 Å². The highest BCUT2D eigenvalue weighted by Crippen LogP contribution is 2.37. The van der Waals surface area contributed by atoms with Crippen LogP contribution in [-0.4, -0.2) is 6.61 Å². The molecule has 0 aliphatic rings. The van der Waals surface area contributed by atoms with Crippen molar-refractivity contribution >= 4 is 17.7 Å². The second-order valence-electron chi connectivity index (χ2n) is 4.78. The Morgan fingerprint density at radius 2 is 1.96 bits per heavy atom. The molecule has 0 heterocycles. The van der Waals surface area contributed by atoms with Gasteiger partial charge in [-0.05, 0) is 36.8 Å². The van der Waals surface area contributed by atoms with Crippen LogP contribution < -0.4 is 9.47 Å². The monoisotopic (exact) mass is 338 g/mol. The molecule has 0 aliphatic carbocycles. The van der Waals surface area contributed by atoms with Gasteiger partial charge in [0.1, 0.15) is 6.61 Å². The number of allylic oxidation sites excluding steroid dienone is 1. The lowest BCUT2D eigenvalue weighted by atomic mass is 10.1. The smallest absolute Gasteiger partial charge is 0.180 e. The number of rotatable bonds is 6. The van der Waals surface area contributed by atoms with Gasteiger partial charge in [-0.2, -0.15) is 10.5 Å². The van der Waals surface area contributed by atoms with Crippen LogP contribution in [0, 0.1) is 22.7 Å². The molecule has 0 aromatic heterocycles. The molecule has 2 aromatic rings. The summed E-state index contributed by atoms with van der Waals surface area (Å²) in [6, 6.07) is 14.7. The van der Waals surface area contributed by atoms with Crippen molar-refractivity contribution in [2.45, 2.75) is 13.5 Å². The van der Waals surface area contributed by atoms with E-state index in [2.05, 4.69) is 6.07 Å². The molecule has 0 unspecified atom stereocenters. The van der Waals surface area contributed by atoms with Crippen molar-refractivity contribution in [1.29, 1.82) is 10.5 Å². The molecule has 0 bridgehead atoms. The summed E-state index contributed by atoms with van der Waals surface area (Å²) in [6.07, 6.45) is 3.01. The first-order valence-corrected chi connectivity index (χ1v) is 7.70. The zero-order valence-corrected chi connectivity index (χ0v) is 13.9. The SMILES string of the molecule is CCOc1cc(/C=C/C#N)cc(Cl)c1OCc1ccccc1C#N. The molecular formula is C19H15ClN2O2. The molecule has 0 saturated heterocycles. The Kier molecular flexibility index (Phi) is 6.25. The van der Waals surface area contributed by atoms with E-state index in [4.69, 9.17) is 31.6 Å². The third-order valence-corrected chi connectivity index (χ3v) is 3.47. The summed E-state index contributed by atoms with van der Waals surface area (Å²) in [5, 5.41) is 18.2. The van der Waals surface area contributed by atoms with Crippen molar-refractivity contribution in [3.8, 4) is 23.6 Å². The molecular weight excluding hydrogens is 324 g/mol. The van der Waals surface area contributed by atoms with Gasteiger partial charge < -0.3 is 9.47 Å². The molecule has 5 heteroatoms. The van der Waals surface area contributed by atoms with Gasteiger partial charge in [0.05, 0.1) is 29.3 Å². The Hall–Kier alpha value is -2.95. The molecule has 120 valence electrons. The minimum absolute atomic E-state index is 0.205. The molecule has 0 amide bonds. The Morgan fingerprint density at radius 3 is 2.67 bits per heavy atom. The van der Waals surface area contributed by atoms with Gasteiger partial charge in [-0.1, -0.05) is 29.8 Å². The summed E-state index contributed by atoms with van der Waals surface area (Å²) in [5.41, 5.74) is 2.07. The van der Waals surface area contributed by atoms with Crippen LogP contribution in [0.5, 0.6) is 11.5 Å². The summed E-state index contributed by atoms with van der Waals surface area (Å²) >= 11 is 6.30. The number of ether oxygens (including phenoxy) is 2. The van der Waals surface area contributed by atoms with E-state index in [0.29, 0.717) is 28.7 Å². The number of hydrogen-bond acceptors (Lipinski definition) is 4. The molecule has 0 radical (unpaired) electrons. The zero-order chi connectivity index (χ0) is 17.4. The lowest BCUT2D eigenvalue weighted by Crippen LogP contribution is -2.02. The predicted molar refractivity (Wildman–Crippen MR) is 92.8 cm³/mol. The fourth-order valence-corrected chi connectivity index (χ4v) is 2.40. The van der Waals surface area contributed by atoms with Crippen LogP contribution in [0.25, 0.3) is 6.08 Å². The van der Waals surface area contributed by atoms with Gasteiger partial charge in [0.25, 0.3) is 0 Å². The van der Waals surface area contributed by atoms with Crippen molar-refractivity contribution in [1.82, 2.24) is 0 Å². The summed E-state index contributed by atoms with van der Waals surface area (Å²) in [6.45, 7) is 2.52. The van der Waals surface area contributed by atoms with Crippen molar-refractivity contribution in [3.05, 3.63) is 64.2 Å². The Balaban J connectivity index is 2.30. The minimum atomic E-state index is 0.205. The third kappa shape index (κ3) is 4.29. The maximum Gasteiger partial charge on any atom is 0.180 e. The predicted octanol–water partition coefficient (Wildman–Crippen LogP) is 4.73. The van der Waals surface area contributed by atoms with Crippen molar-refractivity contribution in [2.24, 2.45) is 0 Å². The van der Waals surface area contributed by atoms with E-state index in [-0.39, 0.29) is 6.61 Å². The van der Waals surface area contributed by atoms with E-state index in [1.54, 1.807) is 30.3 Å². The third-order valence-electron chi connectivity index (χ3n) is 3.19. The summed E-state index contributed by atoms with van der Waals surface area (Å²) < 4.78 is 11.4. The molecule has 2 aromatic carbocycles. The fraction of sp³-hybridized carbons (Fsp3) is 0.158. The van der Waals surface area contributed by atoms with E-state index in [1.807, 2.05) is 25.1 Å². The van der Waals surface area contributed by atoms with Crippen molar-refractivity contribution in [2.75, 3.05) is 6.61 Å². The fourth-order valence-electron chi connectivity index (χ4n) is 2.13. The Bertz CT molecular complexity index is 832. The minimum Gasteiger partial charge on any atom is -0.490 e. The number of nitriles is 2. The Labute approximate surface area is 146 Å². The normalized spacial score (nSPS) is 10.2. The van der Waals surface area contributed by atoms with Crippen LogP contribution in [0.15, 0.2) is 42.5 Å². The van der Waals surface area contributed by atoms with Crippen molar-refractivity contribution in [3.63, 3.8) is 0 Å². The molecule has 4 nitrogen and oxygen atoms in total. The van der Waals surface area contributed by atoms with Crippen LogP contribution in [0.2, 0.25) is 5.02 Å². The first kappa shape index (κ1) is 17.4.